The van der Waals surface area contributed by atoms with Gasteiger partial charge in [-0.3, -0.25) is 9.69 Å². The van der Waals surface area contributed by atoms with E-state index in [2.05, 4.69) is 37.9 Å². The lowest BCUT2D eigenvalue weighted by atomic mass is 10.1. The molecule has 0 aliphatic rings. The first-order valence-electron chi connectivity index (χ1n) is 11.0. The number of ether oxygens (including phenoxy) is 1. The maximum absolute atomic E-state index is 12.4. The van der Waals surface area contributed by atoms with Crippen molar-refractivity contribution in [1.82, 2.24) is 10.2 Å². The van der Waals surface area contributed by atoms with Crippen molar-refractivity contribution in [1.29, 1.82) is 0 Å². The molecule has 2 rings (SSSR count). The van der Waals surface area contributed by atoms with Crippen LogP contribution in [0, 0.1) is 0 Å². The Morgan fingerprint density at radius 1 is 1.03 bits per heavy atom. The molecule has 33 heavy (non-hydrogen) atoms. The van der Waals surface area contributed by atoms with Gasteiger partial charge in [0.25, 0.3) is 5.91 Å². The molecule has 1 unspecified atom stereocenters. The van der Waals surface area contributed by atoms with Crippen LogP contribution in [0.25, 0.3) is 0 Å². The van der Waals surface area contributed by atoms with Gasteiger partial charge in [-0.15, -0.1) is 0 Å². The third kappa shape index (κ3) is 8.77. The Labute approximate surface area is 196 Å². The van der Waals surface area contributed by atoms with E-state index in [0.29, 0.717) is 42.9 Å². The van der Waals surface area contributed by atoms with E-state index in [4.69, 9.17) is 9.88 Å². The van der Waals surface area contributed by atoms with Crippen LogP contribution >= 0.6 is 0 Å². The molecule has 1 atom stereocenters. The minimum Gasteiger partial charge on any atom is -0.491 e. The van der Waals surface area contributed by atoms with Gasteiger partial charge in [0.2, 0.25) is 10.0 Å². The van der Waals surface area contributed by atoms with Gasteiger partial charge in [0, 0.05) is 30.7 Å². The molecule has 9 heteroatoms. The molecule has 0 fully saturated rings. The van der Waals surface area contributed by atoms with Crippen molar-refractivity contribution < 1.29 is 23.1 Å². The van der Waals surface area contributed by atoms with E-state index in [-0.39, 0.29) is 17.4 Å². The number of nitrogens with one attached hydrogen (secondary N) is 1. The average molecular weight is 478 g/mol. The summed E-state index contributed by atoms with van der Waals surface area (Å²) in [6, 6.07) is 13.7. The van der Waals surface area contributed by atoms with Crippen molar-refractivity contribution in [3.05, 3.63) is 59.7 Å². The second kappa shape index (κ2) is 12.1. The smallest absolute Gasteiger partial charge is 0.251 e. The van der Waals surface area contributed by atoms with Gasteiger partial charge in [0.15, 0.2) is 0 Å². The maximum atomic E-state index is 12.4. The van der Waals surface area contributed by atoms with E-state index in [9.17, 15) is 18.3 Å². The molecule has 0 saturated heterocycles. The second-order valence-corrected chi connectivity index (χ2v) is 10.1. The lowest BCUT2D eigenvalue weighted by Gasteiger charge is -2.32. The molecule has 0 aliphatic heterocycles. The molecule has 0 bridgehead atoms. The van der Waals surface area contributed by atoms with E-state index in [1.165, 1.54) is 12.1 Å². The Kier molecular flexibility index (Phi) is 9.85. The molecule has 0 spiro atoms. The van der Waals surface area contributed by atoms with Crippen LogP contribution in [0.3, 0.4) is 0 Å². The number of hydrogen-bond donors (Lipinski definition) is 3. The van der Waals surface area contributed by atoms with Crippen LogP contribution in [-0.2, 0) is 16.4 Å². The summed E-state index contributed by atoms with van der Waals surface area (Å²) in [4.78, 5) is 14.6. The number of carbonyl (C=O) groups excluding carboxylic acids is 1. The fourth-order valence-electron chi connectivity index (χ4n) is 3.48. The first kappa shape index (κ1) is 26.8. The molecular weight excluding hydrogens is 442 g/mol. The summed E-state index contributed by atoms with van der Waals surface area (Å²) in [6.45, 7) is 9.50. The third-order valence-electron chi connectivity index (χ3n) is 5.26. The van der Waals surface area contributed by atoms with Crippen LogP contribution in [0.5, 0.6) is 5.75 Å². The highest BCUT2D eigenvalue weighted by molar-refractivity contribution is 7.89. The molecule has 1 amide bonds. The Morgan fingerprint density at radius 2 is 1.61 bits per heavy atom. The van der Waals surface area contributed by atoms with Gasteiger partial charge in [0.1, 0.15) is 18.5 Å². The Balaban J connectivity index is 1.79. The summed E-state index contributed by atoms with van der Waals surface area (Å²) in [5.41, 5.74) is 1.39. The van der Waals surface area contributed by atoms with Crippen molar-refractivity contribution in [2.24, 2.45) is 5.14 Å². The second-order valence-electron chi connectivity index (χ2n) is 8.57. The van der Waals surface area contributed by atoms with Crippen LogP contribution in [-0.4, -0.2) is 62.2 Å². The monoisotopic (exact) mass is 477 g/mol. The zero-order valence-corrected chi connectivity index (χ0v) is 20.5. The molecule has 0 heterocycles. The quantitative estimate of drug-likeness (QED) is 0.431. The fraction of sp³-hybridized carbons (Fsp3) is 0.458. The number of benzene rings is 2. The summed E-state index contributed by atoms with van der Waals surface area (Å²) in [5, 5.41) is 18.2. The first-order chi connectivity index (χ1) is 15.5. The minimum absolute atomic E-state index is 0.0577. The lowest BCUT2D eigenvalue weighted by Crippen LogP contribution is -2.43. The van der Waals surface area contributed by atoms with Crippen molar-refractivity contribution in [3.8, 4) is 5.75 Å². The summed E-state index contributed by atoms with van der Waals surface area (Å²) in [7, 11) is -3.71. The van der Waals surface area contributed by atoms with E-state index < -0.39 is 16.1 Å². The SMILES string of the molecule is CC(C)N(CC(O)COc1ccc(C(=O)NCCc2ccc(S(N)(=O)=O)cc2)cc1)C(C)C. The number of aliphatic hydroxyl groups is 1. The Bertz CT molecular complexity index is 982. The predicted molar refractivity (Wildman–Crippen MR) is 129 cm³/mol. The predicted octanol–water partition coefficient (Wildman–Crippen LogP) is 2.17. The Morgan fingerprint density at radius 3 is 2.12 bits per heavy atom. The van der Waals surface area contributed by atoms with Gasteiger partial charge in [-0.1, -0.05) is 12.1 Å². The number of nitrogens with two attached hydrogens (primary N) is 1. The molecule has 4 N–H and O–H groups in total. The molecule has 0 radical (unpaired) electrons. The number of carbonyl (C=O) groups is 1. The van der Waals surface area contributed by atoms with E-state index in [1.807, 2.05) is 0 Å². The van der Waals surface area contributed by atoms with Gasteiger partial charge in [-0.2, -0.15) is 0 Å². The molecule has 0 aliphatic carbocycles. The number of aliphatic hydroxyl groups excluding tert-OH is 1. The standard InChI is InChI=1S/C24H35N3O5S/c1-17(2)27(18(3)4)15-21(28)16-32-22-9-7-20(8-10-22)24(29)26-14-13-19-5-11-23(12-6-19)33(25,30)31/h5-12,17-18,21,28H,13-16H2,1-4H3,(H,26,29)(H2,25,30,31). The minimum atomic E-state index is -3.71. The van der Waals surface area contributed by atoms with Gasteiger partial charge >= 0.3 is 0 Å². The normalized spacial score (nSPS) is 12.9. The topological polar surface area (TPSA) is 122 Å². The molecule has 0 saturated carbocycles. The molecular formula is C24H35N3O5S. The highest BCUT2D eigenvalue weighted by atomic mass is 32.2. The number of amides is 1. The summed E-state index contributed by atoms with van der Waals surface area (Å²) >= 11 is 0. The van der Waals surface area contributed by atoms with Gasteiger partial charge in [-0.25, -0.2) is 13.6 Å². The van der Waals surface area contributed by atoms with Crippen LogP contribution in [0.15, 0.2) is 53.4 Å². The summed E-state index contributed by atoms with van der Waals surface area (Å²) in [5.74, 6) is 0.369. The number of rotatable bonds is 12. The van der Waals surface area contributed by atoms with Crippen LogP contribution < -0.4 is 15.2 Å². The molecule has 2 aromatic carbocycles. The largest absolute Gasteiger partial charge is 0.491 e. The highest BCUT2D eigenvalue weighted by Gasteiger charge is 2.18. The highest BCUT2D eigenvalue weighted by Crippen LogP contribution is 2.14. The number of nitrogens with zero attached hydrogens (tertiary/aromatic N) is 1. The van der Waals surface area contributed by atoms with E-state index >= 15 is 0 Å². The average Bonchev–Trinajstić information content (AvgIpc) is 2.75. The van der Waals surface area contributed by atoms with Crippen LogP contribution in [0.2, 0.25) is 0 Å². The van der Waals surface area contributed by atoms with Gasteiger partial charge in [0.05, 0.1) is 4.90 Å². The number of primary sulfonamides is 1. The lowest BCUT2D eigenvalue weighted by molar-refractivity contribution is 0.0445. The summed E-state index contributed by atoms with van der Waals surface area (Å²) in [6.07, 6.45) is -0.0590. The van der Waals surface area contributed by atoms with E-state index in [1.54, 1.807) is 36.4 Å². The fourth-order valence-corrected chi connectivity index (χ4v) is 3.99. The zero-order valence-electron chi connectivity index (χ0n) is 19.7. The maximum Gasteiger partial charge on any atom is 0.251 e. The molecule has 0 aromatic heterocycles. The van der Waals surface area contributed by atoms with Crippen molar-refractivity contribution in [3.63, 3.8) is 0 Å². The van der Waals surface area contributed by atoms with E-state index in [0.717, 1.165) is 5.56 Å². The Hall–Kier alpha value is -2.46. The molecule has 8 nitrogen and oxygen atoms in total. The van der Waals surface area contributed by atoms with Crippen molar-refractivity contribution in [2.75, 3.05) is 19.7 Å². The van der Waals surface area contributed by atoms with Gasteiger partial charge in [-0.05, 0) is 76.1 Å². The number of sulfonamides is 1. The zero-order chi connectivity index (χ0) is 24.6. The molecule has 2 aromatic rings. The number of hydrogen-bond acceptors (Lipinski definition) is 6. The molecule has 182 valence electrons. The van der Waals surface area contributed by atoms with Crippen LogP contribution in [0.1, 0.15) is 43.6 Å². The van der Waals surface area contributed by atoms with Crippen LogP contribution in [0.4, 0.5) is 0 Å². The summed E-state index contributed by atoms with van der Waals surface area (Å²) < 4.78 is 28.3. The first-order valence-corrected chi connectivity index (χ1v) is 12.6. The van der Waals surface area contributed by atoms with Crippen molar-refractivity contribution >= 4 is 15.9 Å². The van der Waals surface area contributed by atoms with Crippen molar-refractivity contribution in [2.45, 2.75) is 57.2 Å². The third-order valence-corrected chi connectivity index (χ3v) is 6.19. The van der Waals surface area contributed by atoms with Gasteiger partial charge < -0.3 is 15.2 Å².